The number of hydrogen-bond donors (Lipinski definition) is 4. The summed E-state index contributed by atoms with van der Waals surface area (Å²) < 4.78 is 5.36. The monoisotopic (exact) mass is 287 g/mol. The smallest absolute Gasteiger partial charge is 0.326 e. The van der Waals surface area contributed by atoms with Gasteiger partial charge in [-0.25, -0.2) is 9.59 Å². The number of amides is 3. The van der Waals surface area contributed by atoms with Crippen LogP contribution in [-0.2, 0) is 14.3 Å². The first kappa shape index (κ1) is 16.2. The lowest BCUT2D eigenvalue weighted by atomic mass is 9.89. The third-order valence-electron chi connectivity index (χ3n) is 3.12. The van der Waals surface area contributed by atoms with Gasteiger partial charge < -0.3 is 26.2 Å². The van der Waals surface area contributed by atoms with E-state index < -0.39 is 23.9 Å². The molecule has 0 aromatic heterocycles. The minimum absolute atomic E-state index is 0.00265. The molecule has 1 rings (SSSR count). The van der Waals surface area contributed by atoms with Gasteiger partial charge in [-0.15, -0.1) is 0 Å². The standard InChI is InChI=1S/C12H21N3O5/c1-2-20-8-5-7(6-8)14-12(19)15-9(11(17)18)3-4-10(13)16/h7-9H,2-6H2,1H3,(H2,13,16)(H,17,18)(H2,14,15,19). The maximum atomic E-state index is 11.6. The van der Waals surface area contributed by atoms with Crippen LogP contribution in [0.2, 0.25) is 0 Å². The number of carboxylic acids is 1. The number of primary amides is 1. The molecule has 0 aromatic rings. The number of rotatable bonds is 8. The summed E-state index contributed by atoms with van der Waals surface area (Å²) in [6.45, 7) is 2.54. The van der Waals surface area contributed by atoms with Gasteiger partial charge in [0.15, 0.2) is 0 Å². The van der Waals surface area contributed by atoms with Crippen LogP contribution in [0.15, 0.2) is 0 Å². The Morgan fingerprint density at radius 2 is 2.05 bits per heavy atom. The van der Waals surface area contributed by atoms with Crippen molar-refractivity contribution in [2.45, 2.75) is 50.8 Å². The molecule has 0 saturated heterocycles. The lowest BCUT2D eigenvalue weighted by Gasteiger charge is -2.35. The van der Waals surface area contributed by atoms with Crippen molar-refractivity contribution in [3.8, 4) is 0 Å². The average Bonchev–Trinajstić information content (AvgIpc) is 2.31. The Hall–Kier alpha value is -1.83. The highest BCUT2D eigenvalue weighted by molar-refractivity contribution is 5.83. The second-order valence-corrected chi connectivity index (χ2v) is 4.76. The van der Waals surface area contributed by atoms with E-state index in [-0.39, 0.29) is 25.0 Å². The highest BCUT2D eigenvalue weighted by atomic mass is 16.5. The molecular formula is C12H21N3O5. The number of nitrogens with one attached hydrogen (secondary N) is 2. The van der Waals surface area contributed by atoms with Crippen LogP contribution in [0, 0.1) is 0 Å². The second kappa shape index (κ2) is 7.68. The number of aliphatic carboxylic acids is 1. The van der Waals surface area contributed by atoms with Crippen LogP contribution in [0.3, 0.4) is 0 Å². The molecule has 1 fully saturated rings. The molecule has 114 valence electrons. The molecule has 8 heteroatoms. The fourth-order valence-corrected chi connectivity index (χ4v) is 1.98. The Balaban J connectivity index is 2.28. The Morgan fingerprint density at radius 1 is 1.40 bits per heavy atom. The fraction of sp³-hybridized carbons (Fsp3) is 0.750. The molecule has 0 aliphatic heterocycles. The highest BCUT2D eigenvalue weighted by Gasteiger charge is 2.31. The normalized spacial score (nSPS) is 22.4. The third-order valence-corrected chi connectivity index (χ3v) is 3.12. The van der Waals surface area contributed by atoms with E-state index in [2.05, 4.69) is 10.6 Å². The first-order valence-electron chi connectivity index (χ1n) is 6.62. The SMILES string of the molecule is CCOC1CC(NC(=O)NC(CCC(N)=O)C(=O)O)C1. The van der Waals surface area contributed by atoms with Gasteiger partial charge in [0.1, 0.15) is 6.04 Å². The highest BCUT2D eigenvalue weighted by Crippen LogP contribution is 2.22. The van der Waals surface area contributed by atoms with Crippen LogP contribution in [-0.4, -0.2) is 47.8 Å². The van der Waals surface area contributed by atoms with Crippen molar-refractivity contribution in [3.05, 3.63) is 0 Å². The van der Waals surface area contributed by atoms with Gasteiger partial charge in [0, 0.05) is 19.1 Å². The molecule has 1 unspecified atom stereocenters. The maximum absolute atomic E-state index is 11.6. The first-order valence-corrected chi connectivity index (χ1v) is 6.62. The van der Waals surface area contributed by atoms with Gasteiger partial charge in [-0.05, 0) is 26.2 Å². The first-order chi connectivity index (χ1) is 9.42. The summed E-state index contributed by atoms with van der Waals surface area (Å²) in [6, 6.07) is -1.68. The molecule has 20 heavy (non-hydrogen) atoms. The molecule has 3 amide bonds. The zero-order valence-corrected chi connectivity index (χ0v) is 11.4. The van der Waals surface area contributed by atoms with Crippen molar-refractivity contribution in [2.75, 3.05) is 6.61 Å². The van der Waals surface area contributed by atoms with E-state index in [4.69, 9.17) is 15.6 Å². The molecule has 0 radical (unpaired) electrons. The number of hydrogen-bond acceptors (Lipinski definition) is 4. The van der Waals surface area contributed by atoms with Gasteiger partial charge in [-0.3, -0.25) is 4.79 Å². The van der Waals surface area contributed by atoms with Crippen molar-refractivity contribution in [1.29, 1.82) is 0 Å². The molecule has 0 aromatic carbocycles. The quantitative estimate of drug-likeness (QED) is 0.481. The molecule has 1 aliphatic carbocycles. The predicted molar refractivity (Wildman–Crippen MR) is 70.0 cm³/mol. The summed E-state index contributed by atoms with van der Waals surface area (Å²) in [4.78, 5) is 33.2. The molecule has 0 bridgehead atoms. The number of ether oxygens (including phenoxy) is 1. The number of carbonyl (C=O) groups excluding carboxylic acids is 2. The van der Waals surface area contributed by atoms with Crippen molar-refractivity contribution in [1.82, 2.24) is 10.6 Å². The molecule has 1 atom stereocenters. The van der Waals surface area contributed by atoms with Crippen molar-refractivity contribution in [2.24, 2.45) is 5.73 Å². The lowest BCUT2D eigenvalue weighted by molar-refractivity contribution is -0.139. The molecular weight excluding hydrogens is 266 g/mol. The molecule has 5 N–H and O–H groups in total. The van der Waals surface area contributed by atoms with E-state index in [1.165, 1.54) is 0 Å². The fourth-order valence-electron chi connectivity index (χ4n) is 1.98. The summed E-state index contributed by atoms with van der Waals surface area (Å²) >= 11 is 0. The number of carboxylic acid groups (broad SMARTS) is 1. The minimum atomic E-state index is -1.19. The topological polar surface area (TPSA) is 131 Å². The molecule has 0 spiro atoms. The van der Waals surface area contributed by atoms with Gasteiger partial charge in [0.05, 0.1) is 6.10 Å². The zero-order valence-electron chi connectivity index (χ0n) is 11.4. The van der Waals surface area contributed by atoms with E-state index in [1.54, 1.807) is 0 Å². The van der Waals surface area contributed by atoms with Gasteiger partial charge in [-0.1, -0.05) is 0 Å². The van der Waals surface area contributed by atoms with Gasteiger partial charge in [0.2, 0.25) is 5.91 Å². The Labute approximate surface area is 117 Å². The van der Waals surface area contributed by atoms with Crippen molar-refractivity contribution < 1.29 is 24.2 Å². The summed E-state index contributed by atoms with van der Waals surface area (Å²) in [7, 11) is 0. The van der Waals surface area contributed by atoms with Gasteiger partial charge >= 0.3 is 12.0 Å². The molecule has 0 heterocycles. The van der Waals surface area contributed by atoms with Crippen LogP contribution >= 0.6 is 0 Å². The molecule has 8 nitrogen and oxygen atoms in total. The molecule has 1 aliphatic rings. The zero-order chi connectivity index (χ0) is 15.1. The predicted octanol–water partition coefficient (Wildman–Crippen LogP) is -0.428. The maximum Gasteiger partial charge on any atom is 0.326 e. The Kier molecular flexibility index (Phi) is 6.23. The lowest BCUT2D eigenvalue weighted by Crippen LogP contribution is -2.54. The van der Waals surface area contributed by atoms with E-state index >= 15 is 0 Å². The summed E-state index contributed by atoms with van der Waals surface area (Å²) in [6.07, 6.45) is 1.49. The number of carbonyl (C=O) groups is 3. The summed E-state index contributed by atoms with van der Waals surface area (Å²) in [5, 5.41) is 13.9. The van der Waals surface area contributed by atoms with Crippen LogP contribution in [0.4, 0.5) is 4.79 Å². The largest absolute Gasteiger partial charge is 0.480 e. The number of urea groups is 1. The van der Waals surface area contributed by atoms with E-state index in [9.17, 15) is 14.4 Å². The van der Waals surface area contributed by atoms with Crippen LogP contribution in [0.1, 0.15) is 32.6 Å². The van der Waals surface area contributed by atoms with Crippen molar-refractivity contribution in [3.63, 3.8) is 0 Å². The summed E-state index contributed by atoms with van der Waals surface area (Å²) in [5.74, 6) is -1.79. The number of nitrogens with two attached hydrogens (primary N) is 1. The van der Waals surface area contributed by atoms with Crippen LogP contribution < -0.4 is 16.4 Å². The van der Waals surface area contributed by atoms with Gasteiger partial charge in [-0.2, -0.15) is 0 Å². The van der Waals surface area contributed by atoms with Crippen LogP contribution in [0.5, 0.6) is 0 Å². The van der Waals surface area contributed by atoms with E-state index in [0.717, 1.165) is 12.8 Å². The Morgan fingerprint density at radius 3 is 2.55 bits per heavy atom. The Bertz CT molecular complexity index is 368. The van der Waals surface area contributed by atoms with Crippen molar-refractivity contribution >= 4 is 17.9 Å². The summed E-state index contributed by atoms with van der Waals surface area (Å²) in [5.41, 5.74) is 4.95. The van der Waals surface area contributed by atoms with Gasteiger partial charge in [0.25, 0.3) is 0 Å². The van der Waals surface area contributed by atoms with E-state index in [0.29, 0.717) is 6.61 Å². The minimum Gasteiger partial charge on any atom is -0.480 e. The van der Waals surface area contributed by atoms with Crippen LogP contribution in [0.25, 0.3) is 0 Å². The van der Waals surface area contributed by atoms with E-state index in [1.807, 2.05) is 6.92 Å². The second-order valence-electron chi connectivity index (χ2n) is 4.76. The third kappa shape index (κ3) is 5.43. The average molecular weight is 287 g/mol. The molecule has 1 saturated carbocycles.